The number of aromatic nitrogens is 1. The lowest BCUT2D eigenvalue weighted by Gasteiger charge is -2.07. The van der Waals surface area contributed by atoms with Crippen molar-refractivity contribution < 1.29 is 18.3 Å². The number of ether oxygens (including phenoxy) is 1. The highest BCUT2D eigenvalue weighted by Crippen LogP contribution is 2.15. The van der Waals surface area contributed by atoms with Gasteiger partial charge in [-0.1, -0.05) is 6.07 Å². The molecule has 0 aliphatic heterocycles. The first-order valence-electron chi connectivity index (χ1n) is 6.99. The molecule has 6 nitrogen and oxygen atoms in total. The molecule has 0 bridgehead atoms. The molecule has 0 spiro atoms. The number of halogens is 2. The van der Waals surface area contributed by atoms with Crippen LogP contribution in [0.15, 0.2) is 58.6 Å². The molecule has 126 valence electrons. The lowest BCUT2D eigenvalue weighted by molar-refractivity contribution is -0.121. The SMILES string of the molecule is C/C(=N/NC(=O)Cn1ccccc1=O)c1ccc(OC(F)F)cc1. The number of nitrogens with zero attached hydrogens (tertiary/aromatic N) is 2. The summed E-state index contributed by atoms with van der Waals surface area (Å²) in [7, 11) is 0. The molecule has 0 aliphatic rings. The molecule has 1 aromatic heterocycles. The van der Waals surface area contributed by atoms with Crippen molar-refractivity contribution in [3.63, 3.8) is 0 Å². The van der Waals surface area contributed by atoms with Gasteiger partial charge in [-0.2, -0.15) is 13.9 Å². The lowest BCUT2D eigenvalue weighted by atomic mass is 10.1. The van der Waals surface area contributed by atoms with Crippen molar-refractivity contribution in [2.75, 3.05) is 0 Å². The number of hydrogen-bond donors (Lipinski definition) is 1. The predicted molar refractivity (Wildman–Crippen MR) is 84.1 cm³/mol. The smallest absolute Gasteiger partial charge is 0.387 e. The maximum atomic E-state index is 12.1. The summed E-state index contributed by atoms with van der Waals surface area (Å²) in [5.74, 6) is -0.422. The third-order valence-electron chi connectivity index (χ3n) is 3.06. The summed E-state index contributed by atoms with van der Waals surface area (Å²) in [6.45, 7) is -1.39. The van der Waals surface area contributed by atoms with E-state index in [1.54, 1.807) is 31.2 Å². The Morgan fingerprint density at radius 2 is 1.96 bits per heavy atom. The van der Waals surface area contributed by atoms with Crippen LogP contribution < -0.4 is 15.7 Å². The van der Waals surface area contributed by atoms with E-state index in [9.17, 15) is 18.4 Å². The molecule has 24 heavy (non-hydrogen) atoms. The van der Waals surface area contributed by atoms with Crippen LogP contribution in [0.3, 0.4) is 0 Å². The van der Waals surface area contributed by atoms with E-state index in [0.717, 1.165) is 0 Å². The molecule has 1 aromatic carbocycles. The van der Waals surface area contributed by atoms with Crippen molar-refractivity contribution in [3.05, 3.63) is 64.6 Å². The standard InChI is InChI=1S/C16H15F2N3O3/c1-11(12-5-7-13(8-6-12)24-16(17)18)19-20-14(22)10-21-9-3-2-4-15(21)23/h2-9,16H,10H2,1H3,(H,20,22)/b19-11-. The van der Waals surface area contributed by atoms with Crippen LogP contribution in [0.5, 0.6) is 5.75 Å². The van der Waals surface area contributed by atoms with Gasteiger partial charge in [0.2, 0.25) is 0 Å². The minimum absolute atomic E-state index is 0.0361. The van der Waals surface area contributed by atoms with Gasteiger partial charge in [0.25, 0.3) is 11.5 Å². The monoisotopic (exact) mass is 335 g/mol. The van der Waals surface area contributed by atoms with E-state index in [0.29, 0.717) is 11.3 Å². The molecule has 1 amide bonds. The summed E-state index contributed by atoms with van der Waals surface area (Å²) in [6, 6.07) is 10.4. The van der Waals surface area contributed by atoms with Crippen LogP contribution in [0, 0.1) is 0 Å². The van der Waals surface area contributed by atoms with E-state index in [1.807, 2.05) is 0 Å². The fraction of sp³-hybridized carbons (Fsp3) is 0.188. The fourth-order valence-corrected chi connectivity index (χ4v) is 1.87. The fourth-order valence-electron chi connectivity index (χ4n) is 1.87. The Kier molecular flexibility index (Phi) is 5.78. The second kappa shape index (κ2) is 8.00. The third kappa shape index (κ3) is 5.01. The number of alkyl halides is 2. The Hall–Kier alpha value is -3.03. The van der Waals surface area contributed by atoms with Gasteiger partial charge in [-0.25, -0.2) is 5.43 Å². The Bertz CT molecular complexity index is 786. The Morgan fingerprint density at radius 3 is 2.58 bits per heavy atom. The summed E-state index contributed by atoms with van der Waals surface area (Å²) in [5.41, 5.74) is 3.16. The van der Waals surface area contributed by atoms with E-state index < -0.39 is 12.5 Å². The molecule has 0 aliphatic carbocycles. The van der Waals surface area contributed by atoms with Gasteiger partial charge in [-0.15, -0.1) is 0 Å². The summed E-state index contributed by atoms with van der Waals surface area (Å²) in [6.07, 6.45) is 1.50. The van der Waals surface area contributed by atoms with E-state index >= 15 is 0 Å². The van der Waals surface area contributed by atoms with Crippen molar-refractivity contribution >= 4 is 11.6 Å². The first kappa shape index (κ1) is 17.3. The Morgan fingerprint density at radius 1 is 1.25 bits per heavy atom. The topological polar surface area (TPSA) is 72.7 Å². The van der Waals surface area contributed by atoms with Crippen molar-refractivity contribution in [2.24, 2.45) is 5.10 Å². The Labute approximate surface area is 136 Å². The normalized spacial score (nSPS) is 11.4. The van der Waals surface area contributed by atoms with Crippen molar-refractivity contribution in [3.8, 4) is 5.75 Å². The predicted octanol–water partition coefficient (Wildman–Crippen LogP) is 1.99. The summed E-state index contributed by atoms with van der Waals surface area (Å²) in [4.78, 5) is 23.3. The van der Waals surface area contributed by atoms with E-state index in [4.69, 9.17) is 0 Å². The maximum absolute atomic E-state index is 12.1. The van der Waals surface area contributed by atoms with E-state index in [-0.39, 0.29) is 17.9 Å². The summed E-state index contributed by atoms with van der Waals surface area (Å²) >= 11 is 0. The van der Waals surface area contributed by atoms with Gasteiger partial charge in [0.15, 0.2) is 0 Å². The number of carbonyl (C=O) groups excluding carboxylic acids is 1. The molecule has 0 saturated carbocycles. The first-order valence-corrected chi connectivity index (χ1v) is 6.99. The second-order valence-electron chi connectivity index (χ2n) is 4.80. The van der Waals surface area contributed by atoms with Crippen LogP contribution in [0.2, 0.25) is 0 Å². The molecule has 0 unspecified atom stereocenters. The molecule has 1 N–H and O–H groups in total. The van der Waals surface area contributed by atoms with Gasteiger partial charge >= 0.3 is 6.61 Å². The zero-order valence-corrected chi connectivity index (χ0v) is 12.8. The molecule has 2 rings (SSSR count). The average Bonchev–Trinajstić information content (AvgIpc) is 2.55. The second-order valence-corrected chi connectivity index (χ2v) is 4.80. The molecule has 0 radical (unpaired) electrons. The number of rotatable bonds is 6. The van der Waals surface area contributed by atoms with Gasteiger partial charge < -0.3 is 9.30 Å². The highest BCUT2D eigenvalue weighted by molar-refractivity contribution is 5.99. The minimum Gasteiger partial charge on any atom is -0.435 e. The molecule has 8 heteroatoms. The number of carbonyl (C=O) groups is 1. The summed E-state index contributed by atoms with van der Waals surface area (Å²) < 4.78 is 29.7. The van der Waals surface area contributed by atoms with Crippen molar-refractivity contribution in [1.29, 1.82) is 0 Å². The van der Waals surface area contributed by atoms with Crippen LogP contribution in [0.25, 0.3) is 0 Å². The highest BCUT2D eigenvalue weighted by atomic mass is 19.3. The van der Waals surface area contributed by atoms with E-state index in [2.05, 4.69) is 15.3 Å². The Balaban J connectivity index is 1.97. The maximum Gasteiger partial charge on any atom is 0.387 e. The molecule has 2 aromatic rings. The highest BCUT2D eigenvalue weighted by Gasteiger charge is 2.06. The molecule has 0 saturated heterocycles. The van der Waals surface area contributed by atoms with Crippen LogP contribution in [-0.4, -0.2) is 22.8 Å². The molecule has 0 fully saturated rings. The number of pyridine rings is 1. The van der Waals surface area contributed by atoms with Crippen LogP contribution in [-0.2, 0) is 11.3 Å². The van der Waals surface area contributed by atoms with Crippen molar-refractivity contribution in [1.82, 2.24) is 9.99 Å². The van der Waals surface area contributed by atoms with E-state index in [1.165, 1.54) is 29.0 Å². The van der Waals surface area contributed by atoms with Gasteiger partial charge in [-0.3, -0.25) is 9.59 Å². The van der Waals surface area contributed by atoms with Gasteiger partial charge in [0, 0.05) is 12.3 Å². The van der Waals surface area contributed by atoms with Crippen LogP contribution in [0.4, 0.5) is 8.78 Å². The van der Waals surface area contributed by atoms with Crippen molar-refractivity contribution in [2.45, 2.75) is 20.1 Å². The molecule has 0 atom stereocenters. The lowest BCUT2D eigenvalue weighted by Crippen LogP contribution is -2.29. The zero-order valence-electron chi connectivity index (χ0n) is 12.8. The average molecular weight is 335 g/mol. The zero-order chi connectivity index (χ0) is 17.5. The van der Waals surface area contributed by atoms with Gasteiger partial charge in [0.05, 0.1) is 5.71 Å². The number of hydrazone groups is 1. The van der Waals surface area contributed by atoms with Crippen LogP contribution in [0.1, 0.15) is 12.5 Å². The molecule has 1 heterocycles. The number of benzene rings is 1. The van der Waals surface area contributed by atoms with Gasteiger partial charge in [-0.05, 0) is 42.8 Å². The number of nitrogens with one attached hydrogen (secondary N) is 1. The number of amides is 1. The quantitative estimate of drug-likeness (QED) is 0.648. The molecular weight excluding hydrogens is 320 g/mol. The first-order chi connectivity index (χ1) is 11.5. The number of hydrogen-bond acceptors (Lipinski definition) is 4. The van der Waals surface area contributed by atoms with Crippen LogP contribution >= 0.6 is 0 Å². The van der Waals surface area contributed by atoms with Gasteiger partial charge in [0.1, 0.15) is 12.3 Å². The third-order valence-corrected chi connectivity index (χ3v) is 3.06. The minimum atomic E-state index is -2.88. The molecular formula is C16H15F2N3O3. The summed E-state index contributed by atoms with van der Waals surface area (Å²) in [5, 5.41) is 3.92. The largest absolute Gasteiger partial charge is 0.435 e.